The molecule has 0 bridgehead atoms. The van der Waals surface area contributed by atoms with Gasteiger partial charge in [0.1, 0.15) is 5.60 Å². The summed E-state index contributed by atoms with van der Waals surface area (Å²) in [4.78, 5) is 11.7. The molecule has 1 aromatic rings. The maximum Gasteiger partial charge on any atom is 0.412 e. The molecule has 0 spiro atoms. The summed E-state index contributed by atoms with van der Waals surface area (Å²) >= 11 is 0. The first kappa shape index (κ1) is 15.5. The molecule has 0 fully saturated rings. The van der Waals surface area contributed by atoms with E-state index in [1.54, 1.807) is 19.9 Å². The Hall–Kier alpha value is -1.55. The zero-order valence-corrected chi connectivity index (χ0v) is 12.5. The van der Waals surface area contributed by atoms with Gasteiger partial charge in [0.2, 0.25) is 0 Å². The first-order valence-corrected chi connectivity index (χ1v) is 6.32. The molecule has 0 aliphatic rings. The molecule has 0 saturated carbocycles. The Kier molecular flexibility index (Phi) is 4.25. The topological polar surface area (TPSA) is 58.6 Å². The van der Waals surface area contributed by atoms with Gasteiger partial charge in [-0.2, -0.15) is 0 Å². The molecule has 0 radical (unpaired) electrons. The second-order valence-corrected chi connectivity index (χ2v) is 6.22. The predicted molar refractivity (Wildman–Crippen MR) is 76.3 cm³/mol. The Morgan fingerprint density at radius 3 is 2.26 bits per heavy atom. The van der Waals surface area contributed by atoms with Crippen molar-refractivity contribution in [1.82, 2.24) is 0 Å². The number of anilines is 1. The zero-order valence-electron chi connectivity index (χ0n) is 12.5. The van der Waals surface area contributed by atoms with Crippen molar-refractivity contribution in [3.63, 3.8) is 0 Å². The van der Waals surface area contributed by atoms with E-state index in [2.05, 4.69) is 5.32 Å². The van der Waals surface area contributed by atoms with Gasteiger partial charge in [0, 0.05) is 5.69 Å². The number of benzene rings is 1. The summed E-state index contributed by atoms with van der Waals surface area (Å²) in [6, 6.07) is 5.47. The molecule has 0 saturated heterocycles. The predicted octanol–water partition coefficient (Wildman–Crippen LogP) is 3.57. The minimum absolute atomic E-state index is 0.497. The van der Waals surface area contributed by atoms with Gasteiger partial charge in [-0.05, 0) is 58.7 Å². The van der Waals surface area contributed by atoms with Crippen LogP contribution in [0.3, 0.4) is 0 Å². The number of hydrogen-bond donors (Lipinski definition) is 2. The van der Waals surface area contributed by atoms with Gasteiger partial charge in [0.05, 0.1) is 5.60 Å². The molecule has 0 aliphatic heterocycles. The van der Waals surface area contributed by atoms with Gasteiger partial charge < -0.3 is 9.84 Å². The van der Waals surface area contributed by atoms with Crippen molar-refractivity contribution in [2.45, 2.75) is 52.7 Å². The maximum atomic E-state index is 11.7. The molecule has 0 aromatic heterocycles. The van der Waals surface area contributed by atoms with E-state index in [-0.39, 0.29) is 0 Å². The number of carbonyl (C=O) groups is 1. The average Bonchev–Trinajstić information content (AvgIpc) is 2.16. The van der Waals surface area contributed by atoms with Gasteiger partial charge in [-0.3, -0.25) is 5.32 Å². The summed E-state index contributed by atoms with van der Waals surface area (Å²) in [6.07, 6.45) is -0.497. The van der Waals surface area contributed by atoms with Crippen LogP contribution in [0.2, 0.25) is 0 Å². The van der Waals surface area contributed by atoms with Crippen LogP contribution in [0.1, 0.15) is 45.7 Å². The summed E-state index contributed by atoms with van der Waals surface area (Å²) in [7, 11) is 0. The number of carbonyl (C=O) groups excluding carboxylic acids is 1. The molecule has 106 valence electrons. The highest BCUT2D eigenvalue weighted by atomic mass is 16.6. The van der Waals surface area contributed by atoms with Gasteiger partial charge in [-0.1, -0.05) is 12.1 Å². The van der Waals surface area contributed by atoms with E-state index in [1.807, 2.05) is 39.8 Å². The molecular formula is C15H23NO3. The molecule has 1 rings (SSSR count). The lowest BCUT2D eigenvalue weighted by Gasteiger charge is -2.22. The third-order valence-corrected chi connectivity index (χ3v) is 2.58. The summed E-state index contributed by atoms with van der Waals surface area (Å²) < 4.78 is 5.21. The van der Waals surface area contributed by atoms with Crippen molar-refractivity contribution in [3.8, 4) is 0 Å². The lowest BCUT2D eigenvalue weighted by atomic mass is 9.96. The third-order valence-electron chi connectivity index (χ3n) is 2.58. The molecule has 0 atom stereocenters. The summed E-state index contributed by atoms with van der Waals surface area (Å²) in [5.74, 6) is 0. The Bertz CT molecular complexity index is 467. The molecule has 4 heteroatoms. The van der Waals surface area contributed by atoms with Gasteiger partial charge in [0.25, 0.3) is 0 Å². The lowest BCUT2D eigenvalue weighted by molar-refractivity contribution is 0.0634. The van der Waals surface area contributed by atoms with Gasteiger partial charge in [0.15, 0.2) is 0 Å². The number of aryl methyl sites for hydroxylation is 1. The Balaban J connectivity index is 2.92. The second kappa shape index (κ2) is 5.21. The molecule has 2 N–H and O–H groups in total. The fourth-order valence-corrected chi connectivity index (χ4v) is 1.55. The second-order valence-electron chi connectivity index (χ2n) is 6.22. The molecule has 0 aliphatic carbocycles. The largest absolute Gasteiger partial charge is 0.444 e. The van der Waals surface area contributed by atoms with Crippen molar-refractivity contribution in [1.29, 1.82) is 0 Å². The van der Waals surface area contributed by atoms with Crippen molar-refractivity contribution >= 4 is 11.8 Å². The van der Waals surface area contributed by atoms with Crippen molar-refractivity contribution in [3.05, 3.63) is 29.3 Å². The highest BCUT2D eigenvalue weighted by Crippen LogP contribution is 2.25. The van der Waals surface area contributed by atoms with Crippen LogP contribution >= 0.6 is 0 Å². The minimum Gasteiger partial charge on any atom is -0.444 e. The fraction of sp³-hybridized carbons (Fsp3) is 0.533. The van der Waals surface area contributed by atoms with E-state index < -0.39 is 17.3 Å². The normalized spacial score (nSPS) is 12.2. The first-order chi connectivity index (χ1) is 8.49. The Morgan fingerprint density at radius 2 is 1.79 bits per heavy atom. The number of nitrogens with one attached hydrogen (secondary N) is 1. The lowest BCUT2D eigenvalue weighted by Crippen LogP contribution is -2.27. The molecule has 4 nitrogen and oxygen atoms in total. The van der Waals surface area contributed by atoms with E-state index in [0.29, 0.717) is 5.69 Å². The fourth-order valence-electron chi connectivity index (χ4n) is 1.55. The Morgan fingerprint density at radius 1 is 1.21 bits per heavy atom. The SMILES string of the molecule is Cc1ccc(C(C)(C)O)cc1NC(=O)OC(C)(C)C. The standard InChI is InChI=1S/C15H23NO3/c1-10-7-8-11(15(5,6)18)9-12(10)16-13(17)19-14(2,3)4/h7-9,18H,1-6H3,(H,16,17). The number of hydrogen-bond acceptors (Lipinski definition) is 3. The monoisotopic (exact) mass is 265 g/mol. The van der Waals surface area contributed by atoms with E-state index in [1.165, 1.54) is 0 Å². The van der Waals surface area contributed by atoms with Crippen LogP contribution in [0.25, 0.3) is 0 Å². The first-order valence-electron chi connectivity index (χ1n) is 6.32. The van der Waals surface area contributed by atoms with E-state index in [4.69, 9.17) is 4.74 Å². The van der Waals surface area contributed by atoms with Crippen LogP contribution in [0.15, 0.2) is 18.2 Å². The van der Waals surface area contributed by atoms with Gasteiger partial charge in [-0.15, -0.1) is 0 Å². The highest BCUT2D eigenvalue weighted by molar-refractivity contribution is 5.86. The van der Waals surface area contributed by atoms with E-state index in [9.17, 15) is 9.90 Å². The van der Waals surface area contributed by atoms with Crippen molar-refractivity contribution in [2.24, 2.45) is 0 Å². The van der Waals surface area contributed by atoms with E-state index >= 15 is 0 Å². The molecule has 0 heterocycles. The number of rotatable bonds is 2. The van der Waals surface area contributed by atoms with Crippen molar-refractivity contribution in [2.75, 3.05) is 5.32 Å². The minimum atomic E-state index is -0.946. The van der Waals surface area contributed by atoms with Crippen LogP contribution in [-0.4, -0.2) is 16.8 Å². The Labute approximate surface area is 114 Å². The van der Waals surface area contributed by atoms with E-state index in [0.717, 1.165) is 11.1 Å². The van der Waals surface area contributed by atoms with Crippen LogP contribution < -0.4 is 5.32 Å². The summed E-state index contributed by atoms with van der Waals surface area (Å²) in [5.41, 5.74) is 0.820. The number of amides is 1. The average molecular weight is 265 g/mol. The molecule has 19 heavy (non-hydrogen) atoms. The number of aliphatic hydroxyl groups is 1. The molecular weight excluding hydrogens is 242 g/mol. The van der Waals surface area contributed by atoms with Crippen molar-refractivity contribution < 1.29 is 14.6 Å². The third kappa shape index (κ3) is 4.91. The maximum absolute atomic E-state index is 11.7. The van der Waals surface area contributed by atoms with Crippen LogP contribution in [0.4, 0.5) is 10.5 Å². The highest BCUT2D eigenvalue weighted by Gasteiger charge is 2.19. The van der Waals surface area contributed by atoms with Gasteiger partial charge in [-0.25, -0.2) is 4.79 Å². The summed E-state index contributed by atoms with van der Waals surface area (Å²) in [6.45, 7) is 10.7. The quantitative estimate of drug-likeness (QED) is 0.859. The summed E-state index contributed by atoms with van der Waals surface area (Å²) in [5, 5.41) is 12.7. The smallest absolute Gasteiger partial charge is 0.412 e. The molecule has 1 aromatic carbocycles. The molecule has 0 unspecified atom stereocenters. The number of ether oxygens (including phenoxy) is 1. The van der Waals surface area contributed by atoms with Crippen LogP contribution in [-0.2, 0) is 10.3 Å². The van der Waals surface area contributed by atoms with Crippen LogP contribution in [0, 0.1) is 6.92 Å². The zero-order chi connectivity index (χ0) is 14.8. The van der Waals surface area contributed by atoms with Crippen LogP contribution in [0.5, 0.6) is 0 Å². The molecule has 1 amide bonds. The van der Waals surface area contributed by atoms with Gasteiger partial charge >= 0.3 is 6.09 Å².